The highest BCUT2D eigenvalue weighted by molar-refractivity contribution is 9.10. The molecule has 1 heterocycles. The van der Waals surface area contributed by atoms with E-state index in [0.717, 1.165) is 15.9 Å². The van der Waals surface area contributed by atoms with Gasteiger partial charge in [-0.25, -0.2) is 0 Å². The standard InChI is InChI=1S/C27H24BrCl2N5O4S/c1-2-38-21-10-6-19(7-11-21)32-26(37)16-40-27-34-33-24(35(27)20-8-3-17(28)4-9-20)14-31-25(36)15-39-23-12-5-18(29)13-22(23)30/h3-13H,2,14-16H2,1H3,(H,31,36)(H,32,37). The SMILES string of the molecule is CCOc1ccc(NC(=O)CSc2nnc(CNC(=O)COc3ccc(Cl)cc3Cl)n2-c2ccc(Br)cc2)cc1. The molecule has 0 saturated carbocycles. The molecule has 0 aliphatic heterocycles. The molecular weight excluding hydrogens is 641 g/mol. The summed E-state index contributed by atoms with van der Waals surface area (Å²) in [4.78, 5) is 25.1. The van der Waals surface area contributed by atoms with Gasteiger partial charge < -0.3 is 20.1 Å². The lowest BCUT2D eigenvalue weighted by Crippen LogP contribution is -2.29. The minimum absolute atomic E-state index is 0.0819. The number of anilines is 1. The Bertz CT molecular complexity index is 1470. The number of rotatable bonds is 12. The Morgan fingerprint density at radius 3 is 2.42 bits per heavy atom. The molecular formula is C27H24BrCl2N5O4S. The quantitative estimate of drug-likeness (QED) is 0.175. The lowest BCUT2D eigenvalue weighted by molar-refractivity contribution is -0.123. The molecule has 0 atom stereocenters. The van der Waals surface area contributed by atoms with Crippen molar-refractivity contribution in [3.05, 3.63) is 87.1 Å². The molecule has 0 saturated heterocycles. The molecule has 13 heteroatoms. The van der Waals surface area contributed by atoms with Crippen LogP contribution in [-0.4, -0.2) is 45.5 Å². The van der Waals surface area contributed by atoms with E-state index in [-0.39, 0.29) is 30.7 Å². The van der Waals surface area contributed by atoms with Crippen molar-refractivity contribution < 1.29 is 19.1 Å². The van der Waals surface area contributed by atoms with E-state index < -0.39 is 0 Å². The average molecular weight is 665 g/mol. The topological polar surface area (TPSA) is 107 Å². The first-order valence-electron chi connectivity index (χ1n) is 12.0. The molecule has 9 nitrogen and oxygen atoms in total. The van der Waals surface area contributed by atoms with Crippen LogP contribution >= 0.6 is 50.9 Å². The van der Waals surface area contributed by atoms with Crippen molar-refractivity contribution in [3.8, 4) is 17.2 Å². The van der Waals surface area contributed by atoms with E-state index in [9.17, 15) is 9.59 Å². The minimum Gasteiger partial charge on any atom is -0.494 e. The van der Waals surface area contributed by atoms with Gasteiger partial charge in [0.15, 0.2) is 17.6 Å². The maximum Gasteiger partial charge on any atom is 0.258 e. The van der Waals surface area contributed by atoms with E-state index in [1.165, 1.54) is 17.8 Å². The summed E-state index contributed by atoms with van der Waals surface area (Å²) in [5, 5.41) is 15.5. The number of thioether (sulfide) groups is 1. The number of nitrogens with one attached hydrogen (secondary N) is 2. The normalized spacial score (nSPS) is 10.7. The van der Waals surface area contributed by atoms with Crippen LogP contribution in [0.5, 0.6) is 11.5 Å². The Morgan fingerprint density at radius 1 is 0.975 bits per heavy atom. The van der Waals surface area contributed by atoms with Gasteiger partial charge in [-0.1, -0.05) is 50.9 Å². The van der Waals surface area contributed by atoms with Crippen molar-refractivity contribution in [1.82, 2.24) is 20.1 Å². The van der Waals surface area contributed by atoms with Gasteiger partial charge in [-0.05, 0) is 73.7 Å². The van der Waals surface area contributed by atoms with Gasteiger partial charge in [0.1, 0.15) is 11.5 Å². The number of nitrogens with zero attached hydrogens (tertiary/aromatic N) is 3. The molecule has 208 valence electrons. The zero-order valence-corrected chi connectivity index (χ0v) is 25.1. The second-order valence-corrected chi connectivity index (χ2v) is 10.8. The van der Waals surface area contributed by atoms with Crippen LogP contribution in [0.1, 0.15) is 12.7 Å². The predicted molar refractivity (Wildman–Crippen MR) is 160 cm³/mol. The summed E-state index contributed by atoms with van der Waals surface area (Å²) in [6.45, 7) is 2.31. The molecule has 0 radical (unpaired) electrons. The molecule has 1 aromatic heterocycles. The molecule has 0 bridgehead atoms. The summed E-state index contributed by atoms with van der Waals surface area (Å²) < 4.78 is 13.6. The lowest BCUT2D eigenvalue weighted by Gasteiger charge is -2.12. The van der Waals surface area contributed by atoms with Crippen molar-refractivity contribution >= 4 is 68.4 Å². The van der Waals surface area contributed by atoms with Crippen LogP contribution in [0.3, 0.4) is 0 Å². The smallest absolute Gasteiger partial charge is 0.258 e. The number of carbonyl (C=O) groups excluding carboxylic acids is 2. The van der Waals surface area contributed by atoms with E-state index in [1.54, 1.807) is 41.0 Å². The van der Waals surface area contributed by atoms with E-state index in [1.807, 2.05) is 31.2 Å². The van der Waals surface area contributed by atoms with Gasteiger partial charge in [-0.3, -0.25) is 14.2 Å². The second kappa shape index (κ2) is 14.4. The first-order valence-corrected chi connectivity index (χ1v) is 14.6. The maximum absolute atomic E-state index is 12.6. The molecule has 40 heavy (non-hydrogen) atoms. The van der Waals surface area contributed by atoms with E-state index in [2.05, 4.69) is 36.8 Å². The molecule has 2 N–H and O–H groups in total. The average Bonchev–Trinajstić information content (AvgIpc) is 3.34. The molecule has 0 aliphatic rings. The number of hydrogen-bond acceptors (Lipinski definition) is 7. The van der Waals surface area contributed by atoms with E-state index >= 15 is 0 Å². The van der Waals surface area contributed by atoms with Crippen LogP contribution in [0.2, 0.25) is 10.0 Å². The van der Waals surface area contributed by atoms with Gasteiger partial charge in [0, 0.05) is 20.9 Å². The molecule has 3 aromatic carbocycles. The van der Waals surface area contributed by atoms with Crippen LogP contribution in [-0.2, 0) is 16.1 Å². The third-order valence-corrected chi connectivity index (χ3v) is 7.25. The highest BCUT2D eigenvalue weighted by atomic mass is 79.9. The fraction of sp³-hybridized carbons (Fsp3) is 0.185. The van der Waals surface area contributed by atoms with Gasteiger partial charge >= 0.3 is 0 Å². The largest absolute Gasteiger partial charge is 0.494 e. The summed E-state index contributed by atoms with van der Waals surface area (Å²) in [7, 11) is 0. The fourth-order valence-electron chi connectivity index (χ4n) is 3.45. The van der Waals surface area contributed by atoms with Crippen molar-refractivity contribution in [3.63, 3.8) is 0 Å². The summed E-state index contributed by atoms with van der Waals surface area (Å²) >= 11 is 16.7. The maximum atomic E-state index is 12.6. The number of aromatic nitrogens is 3. The molecule has 0 spiro atoms. The highest BCUT2D eigenvalue weighted by Gasteiger charge is 2.17. The third kappa shape index (κ3) is 8.37. The number of ether oxygens (including phenoxy) is 2. The Labute approximate surface area is 253 Å². The summed E-state index contributed by atoms with van der Waals surface area (Å²) in [5.41, 5.74) is 1.44. The molecule has 4 aromatic rings. The zero-order valence-electron chi connectivity index (χ0n) is 21.2. The molecule has 2 amide bonds. The summed E-state index contributed by atoms with van der Waals surface area (Å²) in [5.74, 6) is 1.09. The van der Waals surface area contributed by atoms with Crippen LogP contribution < -0.4 is 20.1 Å². The van der Waals surface area contributed by atoms with Gasteiger partial charge in [-0.15, -0.1) is 10.2 Å². The van der Waals surface area contributed by atoms with Crippen LogP contribution in [0.25, 0.3) is 5.69 Å². The summed E-state index contributed by atoms with van der Waals surface area (Å²) in [6, 6.07) is 19.4. The number of carbonyl (C=O) groups is 2. The van der Waals surface area contributed by atoms with Gasteiger partial charge in [0.25, 0.3) is 5.91 Å². The second-order valence-electron chi connectivity index (χ2n) is 8.15. The highest BCUT2D eigenvalue weighted by Crippen LogP contribution is 2.27. The monoisotopic (exact) mass is 663 g/mol. The minimum atomic E-state index is -0.375. The summed E-state index contributed by atoms with van der Waals surface area (Å²) in [6.07, 6.45) is 0. The van der Waals surface area contributed by atoms with E-state index in [0.29, 0.717) is 39.1 Å². The number of amides is 2. The number of halogens is 3. The predicted octanol–water partition coefficient (Wildman–Crippen LogP) is 6.16. The van der Waals surface area contributed by atoms with Gasteiger partial charge in [0.05, 0.1) is 23.9 Å². The van der Waals surface area contributed by atoms with Crippen molar-refractivity contribution in [2.45, 2.75) is 18.6 Å². The first kappa shape index (κ1) is 29.7. The molecule has 0 fully saturated rings. The fourth-order valence-corrected chi connectivity index (χ4v) is 4.95. The third-order valence-electron chi connectivity index (χ3n) is 5.26. The Kier molecular flexibility index (Phi) is 10.7. The number of hydrogen-bond donors (Lipinski definition) is 2. The van der Waals surface area contributed by atoms with Gasteiger partial charge in [0.2, 0.25) is 5.91 Å². The lowest BCUT2D eigenvalue weighted by atomic mass is 10.3. The van der Waals surface area contributed by atoms with Crippen molar-refractivity contribution in [2.75, 3.05) is 24.3 Å². The van der Waals surface area contributed by atoms with Gasteiger partial charge in [-0.2, -0.15) is 0 Å². The number of benzene rings is 3. The first-order chi connectivity index (χ1) is 19.3. The Morgan fingerprint density at radius 2 is 1.73 bits per heavy atom. The molecule has 0 unspecified atom stereocenters. The molecule has 4 rings (SSSR count). The van der Waals surface area contributed by atoms with Crippen LogP contribution in [0, 0.1) is 0 Å². The zero-order chi connectivity index (χ0) is 28.5. The van der Waals surface area contributed by atoms with E-state index in [4.69, 9.17) is 32.7 Å². The Balaban J connectivity index is 1.40. The van der Waals surface area contributed by atoms with Crippen molar-refractivity contribution in [1.29, 1.82) is 0 Å². The Hall–Kier alpha value is -3.25. The van der Waals surface area contributed by atoms with Crippen LogP contribution in [0.4, 0.5) is 5.69 Å². The van der Waals surface area contributed by atoms with Crippen molar-refractivity contribution in [2.24, 2.45) is 0 Å². The van der Waals surface area contributed by atoms with Crippen LogP contribution in [0.15, 0.2) is 76.4 Å². The molecule has 0 aliphatic carbocycles.